The van der Waals surface area contributed by atoms with Gasteiger partial charge in [-0.3, -0.25) is 4.79 Å². The predicted octanol–water partition coefficient (Wildman–Crippen LogP) is 3.72. The van der Waals surface area contributed by atoms with E-state index in [2.05, 4.69) is 21.5 Å². The van der Waals surface area contributed by atoms with Crippen LogP contribution in [-0.2, 0) is 11.2 Å². The molecule has 3 aromatic rings. The summed E-state index contributed by atoms with van der Waals surface area (Å²) in [4.78, 5) is 15.4. The summed E-state index contributed by atoms with van der Waals surface area (Å²) in [6, 6.07) is 13.2. The molecule has 1 heterocycles. The number of carbonyl (C=O) groups is 1. The normalized spacial score (nSPS) is 15.0. The molecule has 1 aliphatic rings. The molecule has 2 aromatic carbocycles. The number of carboxylic acid groups (broad SMARTS) is 1. The lowest BCUT2D eigenvalue weighted by molar-refractivity contribution is -0.136. The summed E-state index contributed by atoms with van der Waals surface area (Å²) in [5.74, 6) is 0.418. The first-order valence-electron chi connectivity index (χ1n) is 10.1. The predicted molar refractivity (Wildman–Crippen MR) is 112 cm³/mol. The fraction of sp³-hybridized carbons (Fsp3) is 0.304. The second kappa shape index (κ2) is 8.58. The minimum Gasteiger partial charge on any atom is -0.490 e. The molecule has 0 saturated carbocycles. The highest BCUT2D eigenvalue weighted by Crippen LogP contribution is 2.37. The summed E-state index contributed by atoms with van der Waals surface area (Å²) in [5.41, 5.74) is 4.06. The highest BCUT2D eigenvalue weighted by molar-refractivity contribution is 5.70. The summed E-state index contributed by atoms with van der Waals surface area (Å²) < 4.78 is 11.2. The lowest BCUT2D eigenvalue weighted by Crippen LogP contribution is -2.25. The number of carboxylic acids is 1. The third-order valence-electron chi connectivity index (χ3n) is 5.15. The maximum absolute atomic E-state index is 10.9. The van der Waals surface area contributed by atoms with Crippen LogP contribution in [-0.4, -0.2) is 33.9 Å². The number of aliphatic carboxylic acids is 1. The van der Waals surface area contributed by atoms with Gasteiger partial charge in [-0.1, -0.05) is 23.4 Å². The molecule has 0 unspecified atom stereocenters. The molecule has 0 bridgehead atoms. The first kappa shape index (κ1) is 20.6. The van der Waals surface area contributed by atoms with Crippen LogP contribution in [0.3, 0.4) is 0 Å². The van der Waals surface area contributed by atoms with Gasteiger partial charge in [0.05, 0.1) is 18.2 Å². The molecular weight excluding hydrogens is 396 g/mol. The average Bonchev–Trinajstić information content (AvgIpc) is 3.39. The zero-order valence-electron chi connectivity index (χ0n) is 17.3. The zero-order valence-corrected chi connectivity index (χ0v) is 17.3. The van der Waals surface area contributed by atoms with Gasteiger partial charge in [-0.15, -0.1) is 0 Å². The van der Waals surface area contributed by atoms with Crippen LogP contribution in [0.25, 0.3) is 22.8 Å². The third kappa shape index (κ3) is 4.27. The van der Waals surface area contributed by atoms with E-state index in [-0.39, 0.29) is 18.7 Å². The summed E-state index contributed by atoms with van der Waals surface area (Å²) in [7, 11) is 0. The number of nitrogens with one attached hydrogen (secondary N) is 1. The lowest BCUT2D eigenvalue weighted by atomic mass is 10.0. The number of rotatable bonds is 7. The van der Waals surface area contributed by atoms with E-state index in [0.717, 1.165) is 29.5 Å². The first-order valence-corrected chi connectivity index (χ1v) is 10.1. The van der Waals surface area contributed by atoms with Crippen LogP contribution >= 0.6 is 0 Å². The standard InChI is InChI=1S/C23H22N4O4/c1-13(2)30-20-9-6-14(10-15(20)11-24)23-26-22(27-31-23)18-5-3-4-17-16(18)7-8-19(17)25-12-21(28)29/h3-6,9-10,13,19,25H,7-8,12H2,1-2H3,(H,28,29)/t19-/m1/s1. The lowest BCUT2D eigenvalue weighted by Gasteiger charge is -2.12. The maximum atomic E-state index is 10.9. The molecule has 2 N–H and O–H groups in total. The Morgan fingerprint density at radius 2 is 2.23 bits per heavy atom. The molecule has 0 radical (unpaired) electrons. The van der Waals surface area contributed by atoms with Crippen molar-refractivity contribution in [2.24, 2.45) is 0 Å². The Labute approximate surface area is 179 Å². The number of hydrogen-bond acceptors (Lipinski definition) is 7. The number of nitriles is 1. The fourth-order valence-electron chi connectivity index (χ4n) is 3.84. The van der Waals surface area contributed by atoms with Gasteiger partial charge in [0.2, 0.25) is 5.82 Å². The SMILES string of the molecule is CC(C)Oc1ccc(-c2nc(-c3cccc4c3CC[C@H]4NCC(=O)O)no2)cc1C#N. The Balaban J connectivity index is 1.62. The largest absolute Gasteiger partial charge is 0.490 e. The van der Waals surface area contributed by atoms with Gasteiger partial charge in [0.1, 0.15) is 11.8 Å². The highest BCUT2D eigenvalue weighted by atomic mass is 16.5. The van der Waals surface area contributed by atoms with E-state index < -0.39 is 5.97 Å². The van der Waals surface area contributed by atoms with Gasteiger partial charge in [-0.05, 0) is 56.0 Å². The first-order chi connectivity index (χ1) is 15.0. The summed E-state index contributed by atoms with van der Waals surface area (Å²) in [6.45, 7) is 3.72. The van der Waals surface area contributed by atoms with Crippen LogP contribution in [0.2, 0.25) is 0 Å². The van der Waals surface area contributed by atoms with E-state index in [9.17, 15) is 10.1 Å². The molecule has 0 fully saturated rings. The number of aromatic nitrogens is 2. The van der Waals surface area contributed by atoms with Crippen LogP contribution < -0.4 is 10.1 Å². The van der Waals surface area contributed by atoms with Gasteiger partial charge in [-0.25, -0.2) is 0 Å². The van der Waals surface area contributed by atoms with Crippen LogP contribution in [0.15, 0.2) is 40.9 Å². The van der Waals surface area contributed by atoms with Gasteiger partial charge in [0.25, 0.3) is 5.89 Å². The van der Waals surface area contributed by atoms with Crippen LogP contribution in [0.5, 0.6) is 5.75 Å². The molecule has 31 heavy (non-hydrogen) atoms. The van der Waals surface area contributed by atoms with E-state index in [1.54, 1.807) is 18.2 Å². The van der Waals surface area contributed by atoms with Crippen molar-refractivity contribution in [1.82, 2.24) is 15.5 Å². The second-order valence-corrected chi connectivity index (χ2v) is 7.65. The van der Waals surface area contributed by atoms with Crippen molar-refractivity contribution in [2.45, 2.75) is 38.8 Å². The van der Waals surface area contributed by atoms with Gasteiger partial charge in [-0.2, -0.15) is 10.2 Å². The van der Waals surface area contributed by atoms with Gasteiger partial charge in [0.15, 0.2) is 0 Å². The summed E-state index contributed by atoms with van der Waals surface area (Å²) >= 11 is 0. The molecule has 0 amide bonds. The Kier molecular flexibility index (Phi) is 5.69. The van der Waals surface area contributed by atoms with Crippen molar-refractivity contribution in [2.75, 3.05) is 6.54 Å². The van der Waals surface area contributed by atoms with E-state index >= 15 is 0 Å². The quantitative estimate of drug-likeness (QED) is 0.595. The van der Waals surface area contributed by atoms with Crippen LogP contribution in [0.1, 0.15) is 43.0 Å². The minimum absolute atomic E-state index is 0.0101. The van der Waals surface area contributed by atoms with Crippen molar-refractivity contribution in [3.63, 3.8) is 0 Å². The molecule has 0 saturated heterocycles. The monoisotopic (exact) mass is 418 g/mol. The Morgan fingerprint density at radius 3 is 2.97 bits per heavy atom. The van der Waals surface area contributed by atoms with Crippen molar-refractivity contribution in [1.29, 1.82) is 5.26 Å². The van der Waals surface area contributed by atoms with E-state index in [4.69, 9.17) is 14.4 Å². The van der Waals surface area contributed by atoms with Gasteiger partial charge in [0, 0.05) is 17.2 Å². The average molecular weight is 418 g/mol. The minimum atomic E-state index is -0.881. The molecular formula is C23H22N4O4. The molecule has 158 valence electrons. The summed E-state index contributed by atoms with van der Waals surface area (Å²) in [6.07, 6.45) is 1.57. The number of benzene rings is 2. The number of ether oxygens (including phenoxy) is 1. The third-order valence-corrected chi connectivity index (χ3v) is 5.15. The zero-order chi connectivity index (χ0) is 22.0. The molecule has 1 aliphatic carbocycles. The molecule has 8 heteroatoms. The molecule has 4 rings (SSSR count). The van der Waals surface area contributed by atoms with Crippen LogP contribution in [0, 0.1) is 11.3 Å². The smallest absolute Gasteiger partial charge is 0.317 e. The van der Waals surface area contributed by atoms with Gasteiger partial charge < -0.3 is 19.7 Å². The topological polar surface area (TPSA) is 121 Å². The van der Waals surface area contributed by atoms with Gasteiger partial charge >= 0.3 is 5.97 Å². The number of fused-ring (bicyclic) bond motifs is 1. The van der Waals surface area contributed by atoms with Crippen LogP contribution in [0.4, 0.5) is 0 Å². The molecule has 0 aliphatic heterocycles. The molecule has 0 spiro atoms. The molecule has 1 aromatic heterocycles. The number of hydrogen-bond donors (Lipinski definition) is 2. The fourth-order valence-corrected chi connectivity index (χ4v) is 3.84. The second-order valence-electron chi connectivity index (χ2n) is 7.65. The van der Waals surface area contributed by atoms with Crippen molar-refractivity contribution in [3.8, 4) is 34.7 Å². The Morgan fingerprint density at radius 1 is 1.39 bits per heavy atom. The Hall–Kier alpha value is -3.70. The van der Waals surface area contributed by atoms with E-state index in [1.165, 1.54) is 0 Å². The van der Waals surface area contributed by atoms with Crippen molar-refractivity contribution >= 4 is 5.97 Å². The van der Waals surface area contributed by atoms with Crippen molar-refractivity contribution < 1.29 is 19.2 Å². The Bertz CT molecular complexity index is 1160. The highest BCUT2D eigenvalue weighted by Gasteiger charge is 2.26. The van der Waals surface area contributed by atoms with E-state index in [0.29, 0.717) is 28.6 Å². The molecule has 1 atom stereocenters. The van der Waals surface area contributed by atoms with E-state index in [1.807, 2.05) is 32.0 Å². The maximum Gasteiger partial charge on any atom is 0.317 e. The summed E-state index contributed by atoms with van der Waals surface area (Å²) in [5, 5.41) is 25.6. The molecule has 8 nitrogen and oxygen atoms in total. The van der Waals surface area contributed by atoms with Crippen molar-refractivity contribution in [3.05, 3.63) is 53.1 Å². The number of nitrogens with zero attached hydrogens (tertiary/aromatic N) is 3.